The van der Waals surface area contributed by atoms with E-state index < -0.39 is 15.6 Å². The fraction of sp³-hybridized carbons (Fsp3) is 0.583. The van der Waals surface area contributed by atoms with Gasteiger partial charge in [0.1, 0.15) is 10.0 Å². The van der Waals surface area contributed by atoms with E-state index in [-0.39, 0.29) is 10.9 Å². The lowest BCUT2D eigenvalue weighted by Gasteiger charge is -2.36. The molecule has 10 heteroatoms. The molecular formula is C24H34ClN5O3S. The van der Waals surface area contributed by atoms with E-state index in [1.54, 1.807) is 24.4 Å². The summed E-state index contributed by atoms with van der Waals surface area (Å²) in [6.45, 7) is 6.15. The van der Waals surface area contributed by atoms with Crippen molar-refractivity contribution in [2.75, 3.05) is 38.5 Å². The molecule has 8 nitrogen and oxygen atoms in total. The van der Waals surface area contributed by atoms with Crippen molar-refractivity contribution in [3.63, 3.8) is 0 Å². The van der Waals surface area contributed by atoms with E-state index in [0.717, 1.165) is 36.9 Å². The molecule has 0 bridgehead atoms. The first-order valence-corrected chi connectivity index (χ1v) is 13.7. The van der Waals surface area contributed by atoms with Crippen LogP contribution in [0.3, 0.4) is 0 Å². The van der Waals surface area contributed by atoms with Crippen LogP contribution in [0.25, 0.3) is 11.3 Å². The van der Waals surface area contributed by atoms with Crippen molar-refractivity contribution in [1.29, 1.82) is 0 Å². The number of hydrogen-bond donors (Lipinski definition) is 2. The minimum Gasteiger partial charge on any atom is -0.390 e. The van der Waals surface area contributed by atoms with Crippen molar-refractivity contribution in [3.8, 4) is 11.3 Å². The van der Waals surface area contributed by atoms with Crippen LogP contribution in [0, 0.1) is 5.92 Å². The van der Waals surface area contributed by atoms with E-state index in [9.17, 15) is 13.5 Å². The van der Waals surface area contributed by atoms with E-state index in [1.165, 1.54) is 10.5 Å². The average Bonchev–Trinajstić information content (AvgIpc) is 2.79. The predicted molar refractivity (Wildman–Crippen MR) is 134 cm³/mol. The largest absolute Gasteiger partial charge is 0.390 e. The lowest BCUT2D eigenvalue weighted by Crippen LogP contribution is -2.47. The molecule has 1 saturated heterocycles. The van der Waals surface area contributed by atoms with Gasteiger partial charge >= 0.3 is 0 Å². The lowest BCUT2D eigenvalue weighted by atomic mass is 9.77. The second-order valence-electron chi connectivity index (χ2n) is 9.99. The molecule has 4 rings (SSSR count). The number of aliphatic hydroxyl groups is 1. The van der Waals surface area contributed by atoms with Crippen LogP contribution >= 0.6 is 11.6 Å². The van der Waals surface area contributed by atoms with Crippen molar-refractivity contribution < 1.29 is 13.5 Å². The standard InChI is InChI=1S/C24H34ClN5O3S/c1-24(2,31)17-4-6-18(7-5-17)28-22-14-23(25)27-16-20(22)21-9-8-19(15-26-21)34(32,33)30-12-10-29(3)11-13-30/h8-9,14-18,31H,4-7,10-13H2,1-3H3,(H,27,28). The Labute approximate surface area is 207 Å². The lowest BCUT2D eigenvalue weighted by molar-refractivity contribution is -0.000391. The molecule has 0 amide bonds. The molecule has 0 spiro atoms. The molecule has 2 aromatic rings. The van der Waals surface area contributed by atoms with Gasteiger partial charge in [0.2, 0.25) is 10.0 Å². The molecule has 2 N–H and O–H groups in total. The topological polar surface area (TPSA) is 98.7 Å². The van der Waals surface area contributed by atoms with Crippen LogP contribution in [0.5, 0.6) is 0 Å². The predicted octanol–water partition coefficient (Wildman–Crippen LogP) is 3.47. The Morgan fingerprint density at radius 2 is 1.74 bits per heavy atom. The number of likely N-dealkylation sites (N-methyl/N-ethyl adjacent to an activating group) is 1. The fourth-order valence-electron chi connectivity index (χ4n) is 4.79. The summed E-state index contributed by atoms with van der Waals surface area (Å²) in [5.41, 5.74) is 1.58. The summed E-state index contributed by atoms with van der Waals surface area (Å²) in [7, 11) is -1.58. The van der Waals surface area contributed by atoms with E-state index in [0.29, 0.717) is 42.9 Å². The van der Waals surface area contributed by atoms with Gasteiger partial charge in [-0.05, 0) is 70.7 Å². The van der Waals surface area contributed by atoms with Crippen LogP contribution in [0.15, 0.2) is 35.5 Å². The third-order valence-corrected chi connectivity index (χ3v) is 9.16. The highest BCUT2D eigenvalue weighted by molar-refractivity contribution is 7.89. The van der Waals surface area contributed by atoms with Gasteiger partial charge in [-0.1, -0.05) is 11.6 Å². The van der Waals surface area contributed by atoms with Crippen molar-refractivity contribution in [3.05, 3.63) is 35.7 Å². The first kappa shape index (κ1) is 25.3. The van der Waals surface area contributed by atoms with Crippen molar-refractivity contribution >= 4 is 27.3 Å². The van der Waals surface area contributed by atoms with Crippen molar-refractivity contribution in [2.45, 2.75) is 56.1 Å². The average molecular weight is 508 g/mol. The minimum atomic E-state index is -3.57. The van der Waals surface area contributed by atoms with Crippen LogP contribution in [0.4, 0.5) is 5.69 Å². The Bertz CT molecular complexity index is 1090. The Morgan fingerprint density at radius 1 is 1.06 bits per heavy atom. The van der Waals surface area contributed by atoms with E-state index >= 15 is 0 Å². The Morgan fingerprint density at radius 3 is 2.32 bits per heavy atom. The molecule has 1 aliphatic heterocycles. The normalized spacial score (nSPS) is 23.1. The van der Waals surface area contributed by atoms with Gasteiger partial charge in [-0.25, -0.2) is 13.4 Å². The number of hydrogen-bond acceptors (Lipinski definition) is 7. The number of anilines is 1. The Balaban J connectivity index is 1.51. The molecule has 34 heavy (non-hydrogen) atoms. The van der Waals surface area contributed by atoms with E-state index in [1.807, 2.05) is 20.9 Å². The van der Waals surface area contributed by atoms with E-state index in [2.05, 4.69) is 20.2 Å². The molecule has 0 radical (unpaired) electrons. The molecule has 0 unspecified atom stereocenters. The van der Waals surface area contributed by atoms with Gasteiger partial charge in [-0.15, -0.1) is 0 Å². The summed E-state index contributed by atoms with van der Waals surface area (Å²) < 4.78 is 27.6. The SMILES string of the molecule is CN1CCN(S(=O)(=O)c2ccc(-c3cnc(Cl)cc3NC3CCC(C(C)(C)O)CC3)nc2)CC1. The zero-order valence-electron chi connectivity index (χ0n) is 20.0. The molecule has 1 saturated carbocycles. The number of halogens is 1. The Hall–Kier alpha value is -1.78. The van der Waals surface area contributed by atoms with Crippen LogP contribution in [0.2, 0.25) is 5.15 Å². The fourth-order valence-corrected chi connectivity index (χ4v) is 6.31. The number of aromatic nitrogens is 2. The molecule has 3 heterocycles. The van der Waals surface area contributed by atoms with Crippen molar-refractivity contribution in [2.24, 2.45) is 5.92 Å². The Kier molecular flexibility index (Phi) is 7.50. The molecule has 2 aliphatic rings. The zero-order valence-corrected chi connectivity index (χ0v) is 21.6. The maximum Gasteiger partial charge on any atom is 0.244 e. The van der Waals surface area contributed by atoms with Gasteiger partial charge in [0.15, 0.2) is 0 Å². The van der Waals surface area contributed by atoms with Gasteiger partial charge in [-0.3, -0.25) is 4.98 Å². The van der Waals surface area contributed by atoms with Gasteiger partial charge < -0.3 is 15.3 Å². The first-order chi connectivity index (χ1) is 16.0. The molecule has 1 aliphatic carbocycles. The summed E-state index contributed by atoms with van der Waals surface area (Å²) in [5, 5.41) is 14.3. The van der Waals surface area contributed by atoms with Gasteiger partial charge in [0.25, 0.3) is 0 Å². The summed E-state index contributed by atoms with van der Waals surface area (Å²) in [6, 6.07) is 5.38. The van der Waals surface area contributed by atoms with Gasteiger partial charge in [-0.2, -0.15) is 4.31 Å². The molecule has 186 valence electrons. The van der Waals surface area contributed by atoms with Crippen LogP contribution in [-0.4, -0.2) is 77.6 Å². The number of nitrogens with one attached hydrogen (secondary N) is 1. The van der Waals surface area contributed by atoms with Crippen LogP contribution in [-0.2, 0) is 10.0 Å². The van der Waals surface area contributed by atoms with Crippen LogP contribution < -0.4 is 5.32 Å². The molecule has 2 fully saturated rings. The van der Waals surface area contributed by atoms with Crippen molar-refractivity contribution in [1.82, 2.24) is 19.2 Å². The summed E-state index contributed by atoms with van der Waals surface area (Å²) >= 11 is 6.19. The quantitative estimate of drug-likeness (QED) is 0.577. The second kappa shape index (κ2) is 10.1. The third-order valence-electron chi connectivity index (χ3n) is 7.07. The minimum absolute atomic E-state index is 0.196. The number of rotatable bonds is 6. The third kappa shape index (κ3) is 5.71. The van der Waals surface area contributed by atoms with Gasteiger partial charge in [0, 0.05) is 55.9 Å². The molecule has 0 aromatic carbocycles. The number of sulfonamides is 1. The highest BCUT2D eigenvalue weighted by Gasteiger charge is 2.32. The highest BCUT2D eigenvalue weighted by atomic mass is 35.5. The number of nitrogens with zero attached hydrogens (tertiary/aromatic N) is 4. The molecule has 2 aromatic heterocycles. The molecular weight excluding hydrogens is 474 g/mol. The van der Waals surface area contributed by atoms with Gasteiger partial charge in [0.05, 0.1) is 11.3 Å². The maximum atomic E-state index is 13.0. The zero-order chi connectivity index (χ0) is 24.5. The summed E-state index contributed by atoms with van der Waals surface area (Å²) in [6.07, 6.45) is 6.90. The summed E-state index contributed by atoms with van der Waals surface area (Å²) in [5.74, 6) is 0.294. The van der Waals surface area contributed by atoms with E-state index in [4.69, 9.17) is 11.6 Å². The second-order valence-corrected chi connectivity index (χ2v) is 12.3. The smallest absolute Gasteiger partial charge is 0.244 e. The first-order valence-electron chi connectivity index (χ1n) is 11.8. The highest BCUT2D eigenvalue weighted by Crippen LogP contribution is 2.36. The number of piperazine rings is 1. The maximum absolute atomic E-state index is 13.0. The molecule has 0 atom stereocenters. The monoisotopic (exact) mass is 507 g/mol. The number of pyridine rings is 2. The summed E-state index contributed by atoms with van der Waals surface area (Å²) in [4.78, 5) is 11.0. The van der Waals surface area contributed by atoms with Crippen LogP contribution in [0.1, 0.15) is 39.5 Å².